The molecule has 0 bridgehead atoms. The first-order valence-corrected chi connectivity index (χ1v) is 6.34. The summed E-state index contributed by atoms with van der Waals surface area (Å²) in [6.07, 6.45) is 0. The predicted octanol–water partition coefficient (Wildman–Crippen LogP) is 1.10. The molecule has 0 aliphatic carbocycles. The van der Waals surface area contributed by atoms with E-state index in [0.29, 0.717) is 0 Å². The maximum Gasteiger partial charge on any atom is 0.0200 e. The van der Waals surface area contributed by atoms with Crippen LogP contribution in [0, 0.1) is 0 Å². The quantitative estimate of drug-likeness (QED) is 0.467. The molecule has 0 atom stereocenters. The maximum atomic E-state index is 4.51. The van der Waals surface area contributed by atoms with Crippen LogP contribution in [-0.4, -0.2) is 53.1 Å². The first-order valence-electron chi connectivity index (χ1n) is 5.44. The Morgan fingerprint density at radius 1 is 1.06 bits per heavy atom. The molecule has 0 saturated carbocycles. The first kappa shape index (κ1) is 23.3. The second kappa shape index (κ2) is 10.1. The molecule has 3 nitrogen and oxygen atoms in total. The molecule has 0 aliphatic rings. The van der Waals surface area contributed by atoms with E-state index in [2.05, 4.69) is 70.2 Å². The summed E-state index contributed by atoms with van der Waals surface area (Å²) < 4.78 is 0.152. The number of rotatable bonds is 7. The number of hydrogen-bond donors (Lipinski definition) is 3. The molecular formula is C11H28N2OS2Tc. The Morgan fingerprint density at radius 3 is 1.88 bits per heavy atom. The molecule has 0 aromatic rings. The van der Waals surface area contributed by atoms with Gasteiger partial charge in [-0.25, -0.2) is 0 Å². The second-order valence-electron chi connectivity index (χ2n) is 5.54. The zero-order valence-corrected chi connectivity index (χ0v) is 15.2. The number of nitrogens with zero attached hydrogens (tertiary/aromatic N) is 1. The summed E-state index contributed by atoms with van der Waals surface area (Å²) in [4.78, 5) is 2.30. The van der Waals surface area contributed by atoms with E-state index in [4.69, 9.17) is 0 Å². The SMILES string of the molecule is CN(CCNCC(C)(C)S)CC(C)(C)S.O.[Tc]. The maximum absolute atomic E-state index is 4.51. The van der Waals surface area contributed by atoms with Crippen LogP contribution in [-0.2, 0) is 20.1 Å². The van der Waals surface area contributed by atoms with E-state index >= 15 is 0 Å². The van der Waals surface area contributed by atoms with Gasteiger partial charge in [0.05, 0.1) is 0 Å². The van der Waals surface area contributed by atoms with Crippen molar-refractivity contribution >= 4 is 25.3 Å². The summed E-state index contributed by atoms with van der Waals surface area (Å²) in [5, 5.41) is 3.40. The third-order valence-corrected chi connectivity index (χ3v) is 2.18. The summed E-state index contributed by atoms with van der Waals surface area (Å²) in [6, 6.07) is 0. The number of hydrogen-bond acceptors (Lipinski definition) is 4. The Morgan fingerprint density at radius 2 is 1.53 bits per heavy atom. The molecule has 0 unspecified atom stereocenters. The fraction of sp³-hybridized carbons (Fsp3) is 1.00. The van der Waals surface area contributed by atoms with Gasteiger partial charge in [0.2, 0.25) is 0 Å². The standard InChI is InChI=1S/C11H26N2S2.H2O.Tc/c1-10(2,14)8-12-6-7-13(5)9-11(3,4)15;;/h12,14-15H,6-9H2,1-5H3;1H2;. The average molecular weight is 366 g/mol. The molecule has 0 aromatic heterocycles. The first-order chi connectivity index (χ1) is 6.60. The molecule has 3 N–H and O–H groups in total. The Labute approximate surface area is 131 Å². The summed E-state index contributed by atoms with van der Waals surface area (Å²) in [5.41, 5.74) is 0. The third-order valence-electron chi connectivity index (χ3n) is 1.88. The van der Waals surface area contributed by atoms with Gasteiger partial charge in [-0.1, -0.05) is 0 Å². The Hall–Kier alpha value is 1.23. The summed E-state index contributed by atoms with van der Waals surface area (Å²) in [7, 11) is 2.13. The van der Waals surface area contributed by atoms with Gasteiger partial charge in [0, 0.05) is 55.8 Å². The van der Waals surface area contributed by atoms with Gasteiger partial charge in [-0.05, 0) is 34.7 Å². The van der Waals surface area contributed by atoms with Crippen LogP contribution >= 0.6 is 25.3 Å². The van der Waals surface area contributed by atoms with Gasteiger partial charge < -0.3 is 15.7 Å². The third kappa shape index (κ3) is 19.7. The van der Waals surface area contributed by atoms with Gasteiger partial charge in [-0.15, -0.1) is 0 Å². The fourth-order valence-electron chi connectivity index (χ4n) is 1.40. The van der Waals surface area contributed by atoms with Gasteiger partial charge in [0.25, 0.3) is 0 Å². The van der Waals surface area contributed by atoms with Crippen molar-refractivity contribution in [2.45, 2.75) is 37.2 Å². The Kier molecular flexibility index (Phi) is 13.8. The molecule has 0 spiro atoms. The molecule has 0 aromatic carbocycles. The normalized spacial score (nSPS) is 12.0. The topological polar surface area (TPSA) is 46.8 Å². The van der Waals surface area contributed by atoms with Crippen molar-refractivity contribution in [3.8, 4) is 0 Å². The molecule has 0 amide bonds. The van der Waals surface area contributed by atoms with Crippen LogP contribution in [0.25, 0.3) is 0 Å². The average Bonchev–Trinajstić information content (AvgIpc) is 1.92. The molecule has 0 aliphatic heterocycles. The van der Waals surface area contributed by atoms with Crippen LogP contribution < -0.4 is 5.32 Å². The second-order valence-corrected chi connectivity index (χ2v) is 7.96. The zero-order chi connectivity index (χ0) is 12.1. The van der Waals surface area contributed by atoms with E-state index in [9.17, 15) is 0 Å². The van der Waals surface area contributed by atoms with Gasteiger partial charge >= 0.3 is 0 Å². The number of likely N-dealkylation sites (N-methyl/N-ethyl adjacent to an activating group) is 1. The summed E-state index contributed by atoms with van der Waals surface area (Å²) in [5.74, 6) is 0. The largest absolute Gasteiger partial charge is 0.412 e. The molecule has 107 valence electrons. The van der Waals surface area contributed by atoms with Crippen molar-refractivity contribution in [1.82, 2.24) is 10.2 Å². The van der Waals surface area contributed by atoms with E-state index in [0.717, 1.165) is 26.2 Å². The van der Waals surface area contributed by atoms with Crippen LogP contribution in [0.15, 0.2) is 0 Å². The predicted molar refractivity (Wildman–Crippen MR) is 80.1 cm³/mol. The summed E-state index contributed by atoms with van der Waals surface area (Å²) in [6.45, 7) is 12.5. The van der Waals surface area contributed by atoms with Crippen LogP contribution in [0.5, 0.6) is 0 Å². The van der Waals surface area contributed by atoms with Crippen molar-refractivity contribution in [2.75, 3.05) is 33.2 Å². The van der Waals surface area contributed by atoms with Crippen LogP contribution in [0.1, 0.15) is 27.7 Å². The van der Waals surface area contributed by atoms with Gasteiger partial charge in [0.15, 0.2) is 0 Å². The minimum absolute atomic E-state index is 0. The smallest absolute Gasteiger partial charge is 0.0200 e. The Bertz CT molecular complexity index is 181. The van der Waals surface area contributed by atoms with Crippen molar-refractivity contribution in [1.29, 1.82) is 0 Å². The van der Waals surface area contributed by atoms with Gasteiger partial charge in [0.1, 0.15) is 0 Å². The Balaban J connectivity index is -0.000000980. The minimum Gasteiger partial charge on any atom is -0.412 e. The molecule has 0 heterocycles. The monoisotopic (exact) mass is 365 g/mol. The molecule has 0 fully saturated rings. The number of nitrogens with one attached hydrogen (secondary N) is 1. The van der Waals surface area contributed by atoms with E-state index in [-0.39, 0.29) is 35.1 Å². The molecule has 6 heteroatoms. The molecule has 1 radical (unpaired) electrons. The van der Waals surface area contributed by atoms with Crippen molar-refractivity contribution < 1.29 is 25.6 Å². The number of thiol groups is 2. The molecule has 0 rings (SSSR count). The van der Waals surface area contributed by atoms with E-state index in [1.165, 1.54) is 0 Å². The van der Waals surface area contributed by atoms with Crippen molar-refractivity contribution in [3.63, 3.8) is 0 Å². The summed E-state index contributed by atoms with van der Waals surface area (Å²) >= 11 is 8.97. The minimum atomic E-state index is 0. The molecule has 17 heavy (non-hydrogen) atoms. The van der Waals surface area contributed by atoms with E-state index in [1.54, 1.807) is 0 Å². The fourth-order valence-corrected chi connectivity index (χ4v) is 1.76. The van der Waals surface area contributed by atoms with Crippen molar-refractivity contribution in [2.24, 2.45) is 0 Å². The van der Waals surface area contributed by atoms with Gasteiger partial charge in [-0.3, -0.25) is 0 Å². The van der Waals surface area contributed by atoms with Crippen LogP contribution in [0.4, 0.5) is 0 Å². The van der Waals surface area contributed by atoms with Crippen molar-refractivity contribution in [3.05, 3.63) is 0 Å². The molecule has 0 saturated heterocycles. The van der Waals surface area contributed by atoms with E-state index < -0.39 is 0 Å². The van der Waals surface area contributed by atoms with Crippen LogP contribution in [0.3, 0.4) is 0 Å². The van der Waals surface area contributed by atoms with Gasteiger partial charge in [-0.2, -0.15) is 25.3 Å². The zero-order valence-electron chi connectivity index (χ0n) is 11.5. The van der Waals surface area contributed by atoms with E-state index in [1.807, 2.05) is 0 Å². The van der Waals surface area contributed by atoms with Crippen LogP contribution in [0.2, 0.25) is 0 Å². The molecular weight excluding hydrogens is 338 g/mol.